The van der Waals surface area contributed by atoms with Gasteiger partial charge in [0.15, 0.2) is 0 Å². The summed E-state index contributed by atoms with van der Waals surface area (Å²) >= 11 is 3.05. The molecule has 1 aromatic heterocycles. The molecule has 1 aromatic carbocycles. The van der Waals surface area contributed by atoms with Gasteiger partial charge in [-0.3, -0.25) is 4.90 Å². The summed E-state index contributed by atoms with van der Waals surface area (Å²) in [5.74, 6) is 0.00148. The first-order chi connectivity index (χ1) is 12.5. The Kier molecular flexibility index (Phi) is 5.63. The van der Waals surface area contributed by atoms with Gasteiger partial charge < -0.3 is 10.1 Å². The number of carbonyl (C=O) groups is 2. The number of amides is 2. The Balaban J connectivity index is 2.01. The second-order valence-corrected chi connectivity index (χ2v) is 7.83. The normalized spacial score (nSPS) is 17.3. The van der Waals surface area contributed by atoms with Gasteiger partial charge in [0.2, 0.25) is 0 Å². The summed E-state index contributed by atoms with van der Waals surface area (Å²) < 4.78 is 5.91. The molecule has 1 aliphatic rings. The minimum absolute atomic E-state index is 0.252. The van der Waals surface area contributed by atoms with Gasteiger partial charge >= 0.3 is 12.0 Å². The van der Waals surface area contributed by atoms with E-state index in [1.54, 1.807) is 18.4 Å². The zero-order chi connectivity index (χ0) is 18.7. The molecule has 26 heavy (non-hydrogen) atoms. The second-order valence-electron chi connectivity index (χ2n) is 5.75. The van der Waals surface area contributed by atoms with Crippen LogP contribution in [-0.2, 0) is 9.53 Å². The number of aryl methyl sites for hydroxylation is 1. The fraction of sp³-hybridized carbons (Fsp3) is 0.278. The Morgan fingerprint density at radius 3 is 2.73 bits per heavy atom. The highest BCUT2D eigenvalue weighted by molar-refractivity contribution is 8.01. The molecule has 1 unspecified atom stereocenters. The number of ether oxygens (including phenoxy) is 1. The molecular weight excluding hydrogens is 370 g/mol. The summed E-state index contributed by atoms with van der Waals surface area (Å²) in [6.45, 7) is 1.94. The van der Waals surface area contributed by atoms with Crippen LogP contribution in [0, 0.1) is 6.92 Å². The van der Waals surface area contributed by atoms with Gasteiger partial charge in [-0.25, -0.2) is 14.6 Å². The second kappa shape index (κ2) is 7.92. The van der Waals surface area contributed by atoms with Crippen molar-refractivity contribution in [2.24, 2.45) is 0 Å². The van der Waals surface area contributed by atoms with Gasteiger partial charge in [0.25, 0.3) is 0 Å². The predicted molar refractivity (Wildman–Crippen MR) is 102 cm³/mol. The van der Waals surface area contributed by atoms with Gasteiger partial charge in [-0.15, -0.1) is 11.3 Å². The topological polar surface area (TPSA) is 71.5 Å². The number of hydrogen-bond acceptors (Lipinski definition) is 6. The van der Waals surface area contributed by atoms with Crippen molar-refractivity contribution in [1.29, 1.82) is 0 Å². The minimum atomic E-state index is -0.541. The van der Waals surface area contributed by atoms with E-state index in [-0.39, 0.29) is 6.03 Å². The van der Waals surface area contributed by atoms with Crippen molar-refractivity contribution in [3.63, 3.8) is 0 Å². The van der Waals surface area contributed by atoms with Crippen molar-refractivity contribution in [3.8, 4) is 0 Å². The highest BCUT2D eigenvalue weighted by Crippen LogP contribution is 2.34. The highest BCUT2D eigenvalue weighted by Gasteiger charge is 2.36. The molecule has 0 fully saturated rings. The first kappa shape index (κ1) is 18.5. The van der Waals surface area contributed by atoms with Crippen LogP contribution in [0.2, 0.25) is 0 Å². The molecule has 1 atom stereocenters. The maximum Gasteiger partial charge on any atom is 0.338 e. The molecule has 0 radical (unpaired) electrons. The maximum absolute atomic E-state index is 12.5. The maximum atomic E-state index is 12.5. The van der Waals surface area contributed by atoms with Gasteiger partial charge in [0.1, 0.15) is 4.34 Å². The fourth-order valence-electron chi connectivity index (χ4n) is 2.71. The lowest BCUT2D eigenvalue weighted by atomic mass is 9.95. The summed E-state index contributed by atoms with van der Waals surface area (Å²) in [4.78, 5) is 30.9. The third kappa shape index (κ3) is 3.76. The quantitative estimate of drug-likeness (QED) is 0.627. The SMILES string of the molecule is COC(=O)C1=C(CSc2nc(C)cs2)N(C)C(=O)NC1c1ccccc1. The number of nitrogens with one attached hydrogen (secondary N) is 1. The molecule has 8 heteroatoms. The molecule has 0 saturated heterocycles. The molecule has 0 saturated carbocycles. The van der Waals surface area contributed by atoms with Crippen LogP contribution in [0.5, 0.6) is 0 Å². The van der Waals surface area contributed by atoms with E-state index in [0.717, 1.165) is 15.6 Å². The molecule has 2 amide bonds. The smallest absolute Gasteiger partial charge is 0.338 e. The van der Waals surface area contributed by atoms with Crippen molar-refractivity contribution in [2.75, 3.05) is 19.9 Å². The van der Waals surface area contributed by atoms with Crippen molar-refractivity contribution >= 4 is 35.1 Å². The summed E-state index contributed by atoms with van der Waals surface area (Å²) in [5.41, 5.74) is 2.87. The number of rotatable bonds is 5. The zero-order valence-electron chi connectivity index (χ0n) is 14.7. The lowest BCUT2D eigenvalue weighted by Crippen LogP contribution is -2.47. The number of hydrogen-bond donors (Lipinski definition) is 1. The Hall–Kier alpha value is -2.32. The van der Waals surface area contributed by atoms with Gasteiger partial charge in [-0.05, 0) is 12.5 Å². The lowest BCUT2D eigenvalue weighted by molar-refractivity contribution is -0.136. The van der Waals surface area contributed by atoms with E-state index in [4.69, 9.17) is 4.74 Å². The molecule has 2 aromatic rings. The van der Waals surface area contributed by atoms with E-state index in [0.29, 0.717) is 17.0 Å². The Labute approximate surface area is 160 Å². The van der Waals surface area contributed by atoms with Gasteiger partial charge in [0, 0.05) is 29.6 Å². The molecule has 3 rings (SSSR count). The fourth-order valence-corrected chi connectivity index (χ4v) is 4.64. The molecule has 0 bridgehead atoms. The average Bonchev–Trinajstić information content (AvgIpc) is 3.07. The van der Waals surface area contributed by atoms with E-state index in [1.165, 1.54) is 23.8 Å². The summed E-state index contributed by atoms with van der Waals surface area (Å²) in [6, 6.07) is 8.62. The molecule has 1 N–H and O–H groups in total. The van der Waals surface area contributed by atoms with Crippen LogP contribution < -0.4 is 5.32 Å². The van der Waals surface area contributed by atoms with E-state index in [2.05, 4.69) is 10.3 Å². The lowest BCUT2D eigenvalue weighted by Gasteiger charge is -2.34. The van der Waals surface area contributed by atoms with Crippen LogP contribution in [0.3, 0.4) is 0 Å². The van der Waals surface area contributed by atoms with Crippen LogP contribution >= 0.6 is 23.1 Å². The molecule has 1 aliphatic heterocycles. The number of urea groups is 1. The van der Waals surface area contributed by atoms with Crippen LogP contribution in [-0.4, -0.2) is 41.8 Å². The standard InChI is InChI=1S/C18H19N3O3S2/c1-11-9-25-18(19-11)26-10-13-14(16(22)24-3)15(20-17(23)21(13)2)12-7-5-4-6-8-12/h4-9,15H,10H2,1-3H3,(H,20,23). The third-order valence-electron chi connectivity index (χ3n) is 4.05. The van der Waals surface area contributed by atoms with Crippen LogP contribution in [0.1, 0.15) is 17.3 Å². The van der Waals surface area contributed by atoms with Crippen molar-refractivity contribution in [2.45, 2.75) is 17.3 Å². The van der Waals surface area contributed by atoms with E-state index >= 15 is 0 Å². The van der Waals surface area contributed by atoms with Gasteiger partial charge in [-0.1, -0.05) is 42.1 Å². The Morgan fingerprint density at radius 1 is 1.38 bits per heavy atom. The first-order valence-electron chi connectivity index (χ1n) is 7.96. The monoisotopic (exact) mass is 389 g/mol. The zero-order valence-corrected chi connectivity index (χ0v) is 16.3. The average molecular weight is 390 g/mol. The van der Waals surface area contributed by atoms with Crippen molar-refractivity contribution in [1.82, 2.24) is 15.2 Å². The highest BCUT2D eigenvalue weighted by atomic mass is 32.2. The van der Waals surface area contributed by atoms with Crippen molar-refractivity contribution < 1.29 is 14.3 Å². The molecule has 0 spiro atoms. The van der Waals surface area contributed by atoms with Crippen LogP contribution in [0.15, 0.2) is 51.3 Å². The first-order valence-corrected chi connectivity index (χ1v) is 9.83. The van der Waals surface area contributed by atoms with Crippen LogP contribution in [0.25, 0.3) is 0 Å². The molecule has 136 valence electrons. The molecule has 6 nitrogen and oxygen atoms in total. The molecular formula is C18H19N3O3S2. The number of thioether (sulfide) groups is 1. The molecule has 0 aliphatic carbocycles. The van der Waals surface area contributed by atoms with Crippen LogP contribution in [0.4, 0.5) is 4.79 Å². The number of aromatic nitrogens is 1. The number of nitrogens with zero attached hydrogens (tertiary/aromatic N) is 2. The van der Waals surface area contributed by atoms with Gasteiger partial charge in [-0.2, -0.15) is 0 Å². The van der Waals surface area contributed by atoms with Gasteiger partial charge in [0.05, 0.1) is 18.7 Å². The van der Waals surface area contributed by atoms with E-state index < -0.39 is 12.0 Å². The summed E-state index contributed by atoms with van der Waals surface area (Å²) in [6.07, 6.45) is 0. The number of methoxy groups -OCH3 is 1. The third-order valence-corrected chi connectivity index (χ3v) is 6.20. The van der Waals surface area contributed by atoms with E-state index in [1.807, 2.05) is 42.6 Å². The minimum Gasteiger partial charge on any atom is -0.466 e. The summed E-state index contributed by atoms with van der Waals surface area (Å²) in [7, 11) is 3.01. The Bertz CT molecular complexity index is 848. The van der Waals surface area contributed by atoms with E-state index in [9.17, 15) is 9.59 Å². The number of thiazole rings is 1. The van der Waals surface area contributed by atoms with Crippen molar-refractivity contribution in [3.05, 3.63) is 58.2 Å². The summed E-state index contributed by atoms with van der Waals surface area (Å²) in [5, 5.41) is 4.86. The predicted octanol–water partition coefficient (Wildman–Crippen LogP) is 3.37. The number of benzene rings is 1. The number of carbonyl (C=O) groups excluding carboxylic acids is 2. The largest absolute Gasteiger partial charge is 0.466 e. The number of esters is 1. The Morgan fingerprint density at radius 2 is 2.12 bits per heavy atom. The molecule has 2 heterocycles.